The molecule has 2 amide bonds. The maximum atomic E-state index is 12.4. The summed E-state index contributed by atoms with van der Waals surface area (Å²) in [7, 11) is 1.56. The van der Waals surface area contributed by atoms with Gasteiger partial charge in [-0.3, -0.25) is 9.59 Å². The number of hydrogen-bond acceptors (Lipinski definition) is 3. The van der Waals surface area contributed by atoms with E-state index in [0.29, 0.717) is 12.2 Å². The van der Waals surface area contributed by atoms with E-state index in [1.807, 2.05) is 24.3 Å². The van der Waals surface area contributed by atoms with E-state index >= 15 is 0 Å². The Balaban J connectivity index is 1.81. The molecule has 1 aromatic carbocycles. The van der Waals surface area contributed by atoms with Crippen LogP contribution in [0.1, 0.15) is 12.0 Å². The number of ether oxygens (including phenoxy) is 1. The molecule has 0 saturated carbocycles. The largest absolute Gasteiger partial charge is 0.497 e. The summed E-state index contributed by atoms with van der Waals surface area (Å²) >= 11 is 0. The van der Waals surface area contributed by atoms with Gasteiger partial charge in [0.25, 0.3) is 0 Å². The van der Waals surface area contributed by atoms with Gasteiger partial charge in [0.1, 0.15) is 5.75 Å². The minimum Gasteiger partial charge on any atom is -0.497 e. The zero-order chi connectivity index (χ0) is 17.7. The van der Waals surface area contributed by atoms with Crippen LogP contribution in [-0.2, 0) is 16.0 Å². The standard InChI is InChI=1S/C16H19F3N2O3/c1-24-13-4-2-3-12(11-13)5-6-14(22)20-7-9-21(10-8-20)15(23)16(17,18)19/h2-4,11H,5-10H2,1H3. The highest BCUT2D eigenvalue weighted by Gasteiger charge is 2.43. The van der Waals surface area contributed by atoms with Crippen molar-refractivity contribution in [1.82, 2.24) is 9.80 Å². The molecule has 0 aromatic heterocycles. The number of halogens is 3. The summed E-state index contributed by atoms with van der Waals surface area (Å²) in [5.41, 5.74) is 0.952. The summed E-state index contributed by atoms with van der Waals surface area (Å²) in [6, 6.07) is 7.37. The third kappa shape index (κ3) is 4.62. The molecule has 0 spiro atoms. The zero-order valence-corrected chi connectivity index (χ0v) is 13.3. The molecule has 1 aromatic rings. The summed E-state index contributed by atoms with van der Waals surface area (Å²) in [4.78, 5) is 25.6. The first kappa shape index (κ1) is 18.1. The van der Waals surface area contributed by atoms with Crippen LogP contribution in [0.3, 0.4) is 0 Å². The van der Waals surface area contributed by atoms with Crippen LogP contribution >= 0.6 is 0 Å². The number of carbonyl (C=O) groups excluding carboxylic acids is 2. The van der Waals surface area contributed by atoms with Crippen molar-refractivity contribution in [2.45, 2.75) is 19.0 Å². The number of rotatable bonds is 4. The highest BCUT2D eigenvalue weighted by molar-refractivity contribution is 5.82. The number of aryl methyl sites for hydroxylation is 1. The SMILES string of the molecule is COc1cccc(CCC(=O)N2CCN(C(=O)C(F)(F)F)CC2)c1. The molecule has 132 valence electrons. The van der Waals surface area contributed by atoms with Crippen LogP contribution in [-0.4, -0.2) is 61.1 Å². The number of piperazine rings is 1. The molecule has 24 heavy (non-hydrogen) atoms. The molecule has 0 radical (unpaired) electrons. The van der Waals surface area contributed by atoms with Gasteiger partial charge in [0.05, 0.1) is 7.11 Å². The van der Waals surface area contributed by atoms with Gasteiger partial charge in [-0.15, -0.1) is 0 Å². The molecule has 0 unspecified atom stereocenters. The van der Waals surface area contributed by atoms with Crippen molar-refractivity contribution in [3.05, 3.63) is 29.8 Å². The summed E-state index contributed by atoms with van der Waals surface area (Å²) in [5.74, 6) is -1.26. The van der Waals surface area contributed by atoms with Gasteiger partial charge < -0.3 is 14.5 Å². The number of benzene rings is 1. The molecule has 1 fully saturated rings. The van der Waals surface area contributed by atoms with Crippen molar-refractivity contribution in [1.29, 1.82) is 0 Å². The predicted molar refractivity (Wildman–Crippen MR) is 80.5 cm³/mol. The topological polar surface area (TPSA) is 49.9 Å². The third-order valence-corrected chi connectivity index (χ3v) is 3.92. The fraction of sp³-hybridized carbons (Fsp3) is 0.500. The molecule has 1 heterocycles. The van der Waals surface area contributed by atoms with E-state index in [1.54, 1.807) is 7.11 Å². The number of amides is 2. The molecular weight excluding hydrogens is 325 g/mol. The number of hydrogen-bond donors (Lipinski definition) is 0. The first-order valence-electron chi connectivity index (χ1n) is 7.58. The normalized spacial score (nSPS) is 15.3. The van der Waals surface area contributed by atoms with Crippen LogP contribution in [0.2, 0.25) is 0 Å². The van der Waals surface area contributed by atoms with Crippen molar-refractivity contribution in [3.63, 3.8) is 0 Å². The van der Waals surface area contributed by atoms with E-state index in [4.69, 9.17) is 4.74 Å². The molecular formula is C16H19F3N2O3. The van der Waals surface area contributed by atoms with E-state index < -0.39 is 12.1 Å². The van der Waals surface area contributed by atoms with Gasteiger partial charge in [-0.05, 0) is 24.1 Å². The van der Waals surface area contributed by atoms with E-state index in [2.05, 4.69) is 0 Å². The highest BCUT2D eigenvalue weighted by Crippen LogP contribution is 2.20. The molecule has 0 aliphatic carbocycles. The van der Waals surface area contributed by atoms with Gasteiger partial charge in [0.2, 0.25) is 5.91 Å². The lowest BCUT2D eigenvalue weighted by atomic mass is 10.1. The maximum Gasteiger partial charge on any atom is 0.471 e. The van der Waals surface area contributed by atoms with Gasteiger partial charge in [0, 0.05) is 32.6 Å². The van der Waals surface area contributed by atoms with Gasteiger partial charge in [0.15, 0.2) is 0 Å². The zero-order valence-electron chi connectivity index (χ0n) is 13.3. The molecule has 0 bridgehead atoms. The Hall–Kier alpha value is -2.25. The predicted octanol–water partition coefficient (Wildman–Crippen LogP) is 1.86. The first-order chi connectivity index (χ1) is 11.3. The summed E-state index contributed by atoms with van der Waals surface area (Å²) < 4.78 is 42.2. The molecule has 5 nitrogen and oxygen atoms in total. The molecule has 0 N–H and O–H groups in total. The van der Waals surface area contributed by atoms with Gasteiger partial charge in [-0.1, -0.05) is 12.1 Å². The molecule has 1 aliphatic heterocycles. The lowest BCUT2D eigenvalue weighted by molar-refractivity contribution is -0.187. The van der Waals surface area contributed by atoms with Crippen molar-refractivity contribution < 1.29 is 27.5 Å². The highest BCUT2D eigenvalue weighted by atomic mass is 19.4. The van der Waals surface area contributed by atoms with Crippen LogP contribution in [0.25, 0.3) is 0 Å². The summed E-state index contributed by atoms with van der Waals surface area (Å²) in [6.07, 6.45) is -4.07. The lowest BCUT2D eigenvalue weighted by Gasteiger charge is -2.35. The fourth-order valence-corrected chi connectivity index (χ4v) is 2.58. The van der Waals surface area contributed by atoms with E-state index in [9.17, 15) is 22.8 Å². The third-order valence-electron chi connectivity index (χ3n) is 3.92. The van der Waals surface area contributed by atoms with Crippen LogP contribution in [0.4, 0.5) is 13.2 Å². The Labute approximate surface area is 138 Å². The molecule has 8 heteroatoms. The van der Waals surface area contributed by atoms with Gasteiger partial charge in [-0.25, -0.2) is 0 Å². The van der Waals surface area contributed by atoms with Crippen molar-refractivity contribution >= 4 is 11.8 Å². The minimum atomic E-state index is -4.86. The molecule has 0 atom stereocenters. The Kier molecular flexibility index (Phi) is 5.69. The average molecular weight is 344 g/mol. The summed E-state index contributed by atoms with van der Waals surface area (Å²) in [5, 5.41) is 0. The Morgan fingerprint density at radius 1 is 1.12 bits per heavy atom. The fourth-order valence-electron chi connectivity index (χ4n) is 2.58. The second-order valence-corrected chi connectivity index (χ2v) is 5.52. The van der Waals surface area contributed by atoms with Crippen LogP contribution in [0, 0.1) is 0 Å². The lowest BCUT2D eigenvalue weighted by Crippen LogP contribution is -2.53. The number of carbonyl (C=O) groups is 2. The van der Waals surface area contributed by atoms with Crippen LogP contribution in [0.15, 0.2) is 24.3 Å². The maximum absolute atomic E-state index is 12.4. The Morgan fingerprint density at radius 2 is 1.75 bits per heavy atom. The number of nitrogens with zero attached hydrogens (tertiary/aromatic N) is 2. The van der Waals surface area contributed by atoms with Crippen molar-refractivity contribution in [2.75, 3.05) is 33.3 Å². The van der Waals surface area contributed by atoms with Crippen molar-refractivity contribution in [3.8, 4) is 5.75 Å². The van der Waals surface area contributed by atoms with Gasteiger partial charge in [-0.2, -0.15) is 13.2 Å². The van der Waals surface area contributed by atoms with Crippen LogP contribution in [0.5, 0.6) is 5.75 Å². The monoisotopic (exact) mass is 344 g/mol. The number of methoxy groups -OCH3 is 1. The smallest absolute Gasteiger partial charge is 0.471 e. The van der Waals surface area contributed by atoms with Crippen LogP contribution < -0.4 is 4.74 Å². The first-order valence-corrected chi connectivity index (χ1v) is 7.58. The van der Waals surface area contributed by atoms with Crippen molar-refractivity contribution in [2.24, 2.45) is 0 Å². The van der Waals surface area contributed by atoms with Gasteiger partial charge >= 0.3 is 12.1 Å². The molecule has 1 aliphatic rings. The Bertz CT molecular complexity index is 596. The van der Waals surface area contributed by atoms with E-state index in [0.717, 1.165) is 10.5 Å². The molecule has 2 rings (SSSR count). The minimum absolute atomic E-state index is 0.0940. The second kappa shape index (κ2) is 7.55. The number of alkyl halides is 3. The average Bonchev–Trinajstić information content (AvgIpc) is 2.58. The van der Waals surface area contributed by atoms with E-state index in [1.165, 1.54) is 4.90 Å². The Morgan fingerprint density at radius 3 is 2.33 bits per heavy atom. The quantitative estimate of drug-likeness (QED) is 0.838. The second-order valence-electron chi connectivity index (χ2n) is 5.52. The van der Waals surface area contributed by atoms with E-state index in [-0.39, 0.29) is 38.5 Å². The molecule has 1 saturated heterocycles. The summed E-state index contributed by atoms with van der Waals surface area (Å²) in [6.45, 7) is 0.0595.